The predicted molar refractivity (Wildman–Crippen MR) is 51.5 cm³/mol. The highest BCUT2D eigenvalue weighted by atomic mass is 15.1. The molecule has 0 aliphatic heterocycles. The molecular weight excluding hydrogens is 160 g/mol. The van der Waals surface area contributed by atoms with Crippen molar-refractivity contribution in [3.05, 3.63) is 41.6 Å². The molecule has 0 saturated carbocycles. The number of fused-ring (bicyclic) bond motifs is 3. The number of nitrogens with one attached hydrogen (secondary N) is 1. The van der Waals surface area contributed by atoms with Crippen LogP contribution in [0.15, 0.2) is 30.5 Å². The van der Waals surface area contributed by atoms with Crippen LogP contribution in [0.4, 0.5) is 0 Å². The van der Waals surface area contributed by atoms with Crippen molar-refractivity contribution < 1.29 is 0 Å². The molecule has 1 heterocycles. The van der Waals surface area contributed by atoms with Crippen molar-refractivity contribution in [2.45, 2.75) is 12.8 Å². The maximum Gasteiger partial charge on any atom is 0.0691 e. The number of aromatic amines is 1. The molecule has 3 rings (SSSR count). The first-order valence-electron chi connectivity index (χ1n) is 4.50. The Bertz CT molecular complexity index is 457. The molecule has 0 spiro atoms. The Balaban J connectivity index is 2.37. The SMILES string of the molecule is CC1c2ccccc2-c2[nH]ncc21. The monoisotopic (exact) mass is 170 g/mol. The van der Waals surface area contributed by atoms with Gasteiger partial charge >= 0.3 is 0 Å². The van der Waals surface area contributed by atoms with Crippen molar-refractivity contribution in [3.8, 4) is 11.3 Å². The lowest BCUT2D eigenvalue weighted by Crippen LogP contribution is -1.87. The number of nitrogens with zero attached hydrogens (tertiary/aromatic N) is 1. The molecule has 2 nitrogen and oxygen atoms in total. The molecule has 64 valence electrons. The summed E-state index contributed by atoms with van der Waals surface area (Å²) >= 11 is 0. The smallest absolute Gasteiger partial charge is 0.0691 e. The lowest BCUT2D eigenvalue weighted by molar-refractivity contribution is 0.953. The van der Waals surface area contributed by atoms with E-state index in [1.54, 1.807) is 0 Å². The Morgan fingerprint density at radius 2 is 2.08 bits per heavy atom. The quantitative estimate of drug-likeness (QED) is 0.646. The molecule has 2 heteroatoms. The van der Waals surface area contributed by atoms with Crippen LogP contribution in [-0.2, 0) is 0 Å². The van der Waals surface area contributed by atoms with Crippen LogP contribution in [-0.4, -0.2) is 10.2 Å². The highest BCUT2D eigenvalue weighted by Gasteiger charge is 2.26. The summed E-state index contributed by atoms with van der Waals surface area (Å²) in [7, 11) is 0. The van der Waals surface area contributed by atoms with Crippen molar-refractivity contribution in [1.82, 2.24) is 10.2 Å². The minimum Gasteiger partial charge on any atom is -0.278 e. The van der Waals surface area contributed by atoms with Crippen molar-refractivity contribution >= 4 is 0 Å². The summed E-state index contributed by atoms with van der Waals surface area (Å²) < 4.78 is 0. The Labute approximate surface area is 76.6 Å². The fourth-order valence-electron chi connectivity index (χ4n) is 2.11. The number of rotatable bonds is 0. The van der Waals surface area contributed by atoms with Crippen molar-refractivity contribution in [1.29, 1.82) is 0 Å². The summed E-state index contributed by atoms with van der Waals surface area (Å²) in [4.78, 5) is 0. The highest BCUT2D eigenvalue weighted by Crippen LogP contribution is 2.42. The van der Waals surface area contributed by atoms with Crippen LogP contribution in [0, 0.1) is 0 Å². The number of hydrogen-bond donors (Lipinski definition) is 1. The van der Waals surface area contributed by atoms with Crippen LogP contribution in [0.25, 0.3) is 11.3 Å². The minimum absolute atomic E-state index is 0.491. The van der Waals surface area contributed by atoms with Gasteiger partial charge in [0.2, 0.25) is 0 Å². The van der Waals surface area contributed by atoms with Crippen LogP contribution >= 0.6 is 0 Å². The number of hydrogen-bond acceptors (Lipinski definition) is 1. The maximum atomic E-state index is 4.07. The fraction of sp³-hybridized carbons (Fsp3) is 0.182. The van der Waals surface area contributed by atoms with Gasteiger partial charge < -0.3 is 0 Å². The van der Waals surface area contributed by atoms with Gasteiger partial charge in [0.1, 0.15) is 0 Å². The molecule has 1 aromatic heterocycles. The molecule has 0 bridgehead atoms. The second-order valence-corrected chi connectivity index (χ2v) is 3.51. The molecule has 13 heavy (non-hydrogen) atoms. The number of aromatic nitrogens is 2. The lowest BCUT2D eigenvalue weighted by atomic mass is 10.0. The molecule has 1 N–H and O–H groups in total. The van der Waals surface area contributed by atoms with E-state index < -0.39 is 0 Å². The number of H-pyrrole nitrogens is 1. The molecule has 1 aliphatic rings. The van der Waals surface area contributed by atoms with E-state index in [-0.39, 0.29) is 0 Å². The van der Waals surface area contributed by atoms with E-state index in [1.807, 2.05) is 6.20 Å². The average Bonchev–Trinajstić information content (AvgIpc) is 2.72. The van der Waals surface area contributed by atoms with Gasteiger partial charge in [0, 0.05) is 17.0 Å². The Morgan fingerprint density at radius 3 is 3.00 bits per heavy atom. The lowest BCUT2D eigenvalue weighted by Gasteiger charge is -2.03. The number of benzene rings is 1. The molecule has 1 aromatic carbocycles. The van der Waals surface area contributed by atoms with Gasteiger partial charge in [0.25, 0.3) is 0 Å². The summed E-state index contributed by atoms with van der Waals surface area (Å²) in [5.41, 5.74) is 5.23. The van der Waals surface area contributed by atoms with E-state index in [4.69, 9.17) is 0 Å². The summed E-state index contributed by atoms with van der Waals surface area (Å²) in [6.07, 6.45) is 1.93. The highest BCUT2D eigenvalue weighted by molar-refractivity contribution is 5.74. The third-order valence-corrected chi connectivity index (χ3v) is 2.83. The molecule has 0 amide bonds. The first-order valence-corrected chi connectivity index (χ1v) is 4.50. The normalized spacial score (nSPS) is 18.4. The van der Waals surface area contributed by atoms with Gasteiger partial charge in [0.05, 0.1) is 11.9 Å². The van der Waals surface area contributed by atoms with E-state index in [0.29, 0.717) is 5.92 Å². The van der Waals surface area contributed by atoms with Gasteiger partial charge in [-0.15, -0.1) is 0 Å². The fourth-order valence-corrected chi connectivity index (χ4v) is 2.11. The second kappa shape index (κ2) is 2.22. The van der Waals surface area contributed by atoms with Crippen molar-refractivity contribution in [3.63, 3.8) is 0 Å². The average molecular weight is 170 g/mol. The Kier molecular flexibility index (Phi) is 1.18. The first kappa shape index (κ1) is 6.89. The summed E-state index contributed by atoms with van der Waals surface area (Å²) in [5.74, 6) is 0.491. The van der Waals surface area contributed by atoms with Gasteiger partial charge in [-0.25, -0.2) is 0 Å². The standard InChI is InChI=1S/C11H10N2/c1-7-8-4-2-3-5-9(8)11-10(7)6-12-13-11/h2-7H,1H3,(H,12,13). The first-order chi connectivity index (χ1) is 6.38. The van der Waals surface area contributed by atoms with Gasteiger partial charge in [-0.05, 0) is 5.56 Å². The molecule has 2 aromatic rings. The Morgan fingerprint density at radius 1 is 1.23 bits per heavy atom. The third-order valence-electron chi connectivity index (χ3n) is 2.83. The van der Waals surface area contributed by atoms with E-state index in [0.717, 1.165) is 0 Å². The summed E-state index contributed by atoms with van der Waals surface area (Å²) in [6, 6.07) is 8.50. The molecule has 1 atom stereocenters. The third kappa shape index (κ3) is 0.750. The molecule has 0 radical (unpaired) electrons. The van der Waals surface area contributed by atoms with Crippen LogP contribution in [0.3, 0.4) is 0 Å². The molecule has 0 saturated heterocycles. The largest absolute Gasteiger partial charge is 0.278 e. The van der Waals surface area contributed by atoms with E-state index in [9.17, 15) is 0 Å². The topological polar surface area (TPSA) is 28.7 Å². The summed E-state index contributed by atoms with van der Waals surface area (Å²) in [6.45, 7) is 2.22. The van der Waals surface area contributed by atoms with Crippen molar-refractivity contribution in [2.75, 3.05) is 0 Å². The van der Waals surface area contributed by atoms with Gasteiger partial charge in [-0.2, -0.15) is 5.10 Å². The van der Waals surface area contributed by atoms with Gasteiger partial charge in [0.15, 0.2) is 0 Å². The second-order valence-electron chi connectivity index (χ2n) is 3.51. The molecular formula is C11H10N2. The zero-order valence-corrected chi connectivity index (χ0v) is 7.41. The zero-order chi connectivity index (χ0) is 8.84. The summed E-state index contributed by atoms with van der Waals surface area (Å²) in [5, 5.41) is 7.12. The maximum absolute atomic E-state index is 4.07. The van der Waals surface area contributed by atoms with Crippen LogP contribution < -0.4 is 0 Å². The zero-order valence-electron chi connectivity index (χ0n) is 7.41. The van der Waals surface area contributed by atoms with Gasteiger partial charge in [-0.3, -0.25) is 5.10 Å². The van der Waals surface area contributed by atoms with Crippen LogP contribution in [0.1, 0.15) is 24.0 Å². The van der Waals surface area contributed by atoms with Crippen LogP contribution in [0.2, 0.25) is 0 Å². The van der Waals surface area contributed by atoms with Crippen molar-refractivity contribution in [2.24, 2.45) is 0 Å². The van der Waals surface area contributed by atoms with E-state index in [2.05, 4.69) is 41.4 Å². The van der Waals surface area contributed by atoms with E-state index >= 15 is 0 Å². The van der Waals surface area contributed by atoms with Gasteiger partial charge in [-0.1, -0.05) is 31.2 Å². The van der Waals surface area contributed by atoms with E-state index in [1.165, 1.54) is 22.4 Å². The predicted octanol–water partition coefficient (Wildman–Crippen LogP) is 2.54. The van der Waals surface area contributed by atoms with Crippen LogP contribution in [0.5, 0.6) is 0 Å². The molecule has 1 aliphatic carbocycles. The Hall–Kier alpha value is -1.57. The molecule has 1 unspecified atom stereocenters. The molecule has 0 fully saturated rings. The minimum atomic E-state index is 0.491.